The molecule has 2 rings (SSSR count). The van der Waals surface area contributed by atoms with Gasteiger partial charge in [-0.3, -0.25) is 14.4 Å². The Morgan fingerprint density at radius 1 is 1.03 bits per heavy atom. The van der Waals surface area contributed by atoms with Crippen LogP contribution in [0.4, 0.5) is 11.4 Å². The molecule has 0 heterocycles. The molecule has 5 N–H and O–H groups in total. The van der Waals surface area contributed by atoms with E-state index >= 15 is 0 Å². The van der Waals surface area contributed by atoms with E-state index in [1.807, 2.05) is 13.8 Å². The first-order valence-corrected chi connectivity index (χ1v) is 9.19. The molecule has 0 aliphatic heterocycles. The van der Waals surface area contributed by atoms with Crippen molar-refractivity contribution in [3.8, 4) is 5.75 Å². The standard InChI is InChI=1S/C21H26N4O4/c1-13(2)19(22)21(28)23-12-18(26)25-17-10-5-4-9-16(17)20(27)24-14-7-6-8-15(11-14)29-3/h4-11,13,19H,12,22H2,1-3H3,(H,23,28)(H,24,27)(H,25,26)/t19-/m0/s1. The summed E-state index contributed by atoms with van der Waals surface area (Å²) in [5, 5.41) is 7.91. The molecule has 29 heavy (non-hydrogen) atoms. The second-order valence-electron chi connectivity index (χ2n) is 6.77. The highest BCUT2D eigenvalue weighted by molar-refractivity contribution is 6.10. The van der Waals surface area contributed by atoms with Crippen LogP contribution in [0.5, 0.6) is 5.75 Å². The van der Waals surface area contributed by atoms with E-state index in [2.05, 4.69) is 16.0 Å². The number of nitrogens with two attached hydrogens (primary N) is 1. The molecule has 0 aliphatic carbocycles. The second kappa shape index (κ2) is 10.2. The smallest absolute Gasteiger partial charge is 0.257 e. The Morgan fingerprint density at radius 2 is 1.76 bits per heavy atom. The maximum atomic E-state index is 12.7. The number of para-hydroxylation sites is 1. The first kappa shape index (κ1) is 21.9. The average molecular weight is 398 g/mol. The predicted octanol–water partition coefficient (Wildman–Crippen LogP) is 1.99. The third-order valence-electron chi connectivity index (χ3n) is 4.22. The molecule has 0 saturated carbocycles. The van der Waals surface area contributed by atoms with Gasteiger partial charge in [0, 0.05) is 11.8 Å². The molecule has 0 spiro atoms. The van der Waals surface area contributed by atoms with Crippen molar-refractivity contribution < 1.29 is 19.1 Å². The van der Waals surface area contributed by atoms with Crippen molar-refractivity contribution in [1.82, 2.24) is 5.32 Å². The van der Waals surface area contributed by atoms with Crippen LogP contribution in [0.15, 0.2) is 48.5 Å². The van der Waals surface area contributed by atoms with Gasteiger partial charge in [0.05, 0.1) is 30.9 Å². The molecule has 0 aromatic heterocycles. The molecule has 0 fully saturated rings. The van der Waals surface area contributed by atoms with E-state index in [0.717, 1.165) is 0 Å². The van der Waals surface area contributed by atoms with Crippen molar-refractivity contribution in [2.45, 2.75) is 19.9 Å². The molecule has 0 radical (unpaired) electrons. The van der Waals surface area contributed by atoms with Crippen molar-refractivity contribution in [1.29, 1.82) is 0 Å². The molecule has 0 saturated heterocycles. The Labute approximate surface area is 169 Å². The maximum Gasteiger partial charge on any atom is 0.257 e. The number of rotatable bonds is 8. The fraction of sp³-hybridized carbons (Fsp3) is 0.286. The highest BCUT2D eigenvalue weighted by Crippen LogP contribution is 2.20. The summed E-state index contributed by atoms with van der Waals surface area (Å²) in [5.74, 6) is -0.686. The lowest BCUT2D eigenvalue weighted by atomic mass is 10.1. The van der Waals surface area contributed by atoms with Gasteiger partial charge in [0.25, 0.3) is 5.91 Å². The van der Waals surface area contributed by atoms with E-state index in [0.29, 0.717) is 17.1 Å². The zero-order valence-corrected chi connectivity index (χ0v) is 16.7. The number of carbonyl (C=O) groups excluding carboxylic acids is 3. The summed E-state index contributed by atoms with van der Waals surface area (Å²) in [5.41, 5.74) is 6.93. The summed E-state index contributed by atoms with van der Waals surface area (Å²) in [7, 11) is 1.54. The minimum Gasteiger partial charge on any atom is -0.497 e. The van der Waals surface area contributed by atoms with Crippen LogP contribution in [-0.2, 0) is 9.59 Å². The minimum absolute atomic E-state index is 0.0425. The molecule has 8 nitrogen and oxygen atoms in total. The van der Waals surface area contributed by atoms with Crippen LogP contribution >= 0.6 is 0 Å². The number of nitrogens with one attached hydrogen (secondary N) is 3. The van der Waals surface area contributed by atoms with E-state index in [9.17, 15) is 14.4 Å². The zero-order valence-electron chi connectivity index (χ0n) is 16.7. The van der Waals surface area contributed by atoms with Gasteiger partial charge in [-0.05, 0) is 30.2 Å². The average Bonchev–Trinajstić information content (AvgIpc) is 2.71. The molecule has 2 aromatic rings. The number of anilines is 2. The van der Waals surface area contributed by atoms with Gasteiger partial charge in [-0.25, -0.2) is 0 Å². The molecule has 0 bridgehead atoms. The lowest BCUT2D eigenvalue weighted by molar-refractivity contribution is -0.125. The molecule has 3 amide bonds. The minimum atomic E-state index is -0.691. The van der Waals surface area contributed by atoms with E-state index in [1.165, 1.54) is 0 Å². The third kappa shape index (κ3) is 6.32. The van der Waals surface area contributed by atoms with Gasteiger partial charge in [0.1, 0.15) is 5.75 Å². The summed E-state index contributed by atoms with van der Waals surface area (Å²) in [6, 6.07) is 12.9. The SMILES string of the molecule is COc1cccc(NC(=O)c2ccccc2NC(=O)CNC(=O)[C@@H](N)C(C)C)c1. The van der Waals surface area contributed by atoms with Crippen LogP contribution in [0.2, 0.25) is 0 Å². The van der Waals surface area contributed by atoms with Gasteiger partial charge < -0.3 is 26.4 Å². The summed E-state index contributed by atoms with van der Waals surface area (Å²) < 4.78 is 5.14. The van der Waals surface area contributed by atoms with Gasteiger partial charge >= 0.3 is 0 Å². The largest absolute Gasteiger partial charge is 0.497 e. The number of amides is 3. The Hall–Kier alpha value is -3.39. The Kier molecular flexibility index (Phi) is 7.73. The number of carbonyl (C=O) groups is 3. The normalized spacial score (nSPS) is 11.5. The highest BCUT2D eigenvalue weighted by atomic mass is 16.5. The number of hydrogen-bond acceptors (Lipinski definition) is 5. The summed E-state index contributed by atoms with van der Waals surface area (Å²) in [6.45, 7) is 3.40. The van der Waals surface area contributed by atoms with Crippen molar-refractivity contribution >= 4 is 29.1 Å². The molecule has 0 unspecified atom stereocenters. The molecule has 8 heteroatoms. The van der Waals surface area contributed by atoms with Crippen LogP contribution in [0.25, 0.3) is 0 Å². The quantitative estimate of drug-likeness (QED) is 0.542. The first-order chi connectivity index (χ1) is 13.8. The fourth-order valence-corrected chi connectivity index (χ4v) is 2.47. The third-order valence-corrected chi connectivity index (χ3v) is 4.22. The molecular weight excluding hydrogens is 372 g/mol. The topological polar surface area (TPSA) is 123 Å². The van der Waals surface area contributed by atoms with Gasteiger partial charge in [0.15, 0.2) is 0 Å². The Balaban J connectivity index is 2.03. The van der Waals surface area contributed by atoms with Crippen molar-refractivity contribution in [2.75, 3.05) is 24.3 Å². The molecule has 154 valence electrons. The first-order valence-electron chi connectivity index (χ1n) is 9.19. The van der Waals surface area contributed by atoms with Crippen molar-refractivity contribution in [2.24, 2.45) is 11.7 Å². The van der Waals surface area contributed by atoms with Gasteiger partial charge in [-0.15, -0.1) is 0 Å². The predicted molar refractivity (Wildman–Crippen MR) is 112 cm³/mol. The van der Waals surface area contributed by atoms with Gasteiger partial charge in [0.2, 0.25) is 11.8 Å². The summed E-state index contributed by atoms with van der Waals surface area (Å²) in [4.78, 5) is 36.7. The molecular formula is C21H26N4O4. The van der Waals surface area contributed by atoms with Crippen LogP contribution in [0, 0.1) is 5.92 Å². The number of ether oxygens (including phenoxy) is 1. The Morgan fingerprint density at radius 3 is 2.45 bits per heavy atom. The van der Waals surface area contributed by atoms with E-state index < -0.39 is 17.9 Å². The molecule has 1 atom stereocenters. The van der Waals surface area contributed by atoms with E-state index in [1.54, 1.807) is 55.6 Å². The zero-order chi connectivity index (χ0) is 21.4. The number of methoxy groups -OCH3 is 1. The maximum absolute atomic E-state index is 12.7. The highest BCUT2D eigenvalue weighted by Gasteiger charge is 2.18. The number of benzene rings is 2. The molecule has 0 aliphatic rings. The second-order valence-corrected chi connectivity index (χ2v) is 6.77. The lowest BCUT2D eigenvalue weighted by Crippen LogP contribution is -2.46. The fourth-order valence-electron chi connectivity index (χ4n) is 2.47. The van der Waals surface area contributed by atoms with Gasteiger partial charge in [-0.1, -0.05) is 32.0 Å². The molecule has 2 aromatic carbocycles. The summed E-state index contributed by atoms with van der Waals surface area (Å²) >= 11 is 0. The van der Waals surface area contributed by atoms with E-state index in [4.69, 9.17) is 10.5 Å². The number of hydrogen-bond donors (Lipinski definition) is 4. The van der Waals surface area contributed by atoms with Crippen LogP contribution < -0.4 is 26.4 Å². The van der Waals surface area contributed by atoms with Crippen LogP contribution in [-0.4, -0.2) is 37.4 Å². The van der Waals surface area contributed by atoms with Crippen LogP contribution in [0.3, 0.4) is 0 Å². The van der Waals surface area contributed by atoms with Crippen molar-refractivity contribution in [3.63, 3.8) is 0 Å². The lowest BCUT2D eigenvalue weighted by Gasteiger charge is -2.16. The Bertz CT molecular complexity index is 882. The summed E-state index contributed by atoms with van der Waals surface area (Å²) in [6.07, 6.45) is 0. The van der Waals surface area contributed by atoms with Crippen molar-refractivity contribution in [3.05, 3.63) is 54.1 Å². The van der Waals surface area contributed by atoms with Gasteiger partial charge in [-0.2, -0.15) is 0 Å². The monoisotopic (exact) mass is 398 g/mol. The van der Waals surface area contributed by atoms with Crippen LogP contribution in [0.1, 0.15) is 24.2 Å². The van der Waals surface area contributed by atoms with E-state index in [-0.39, 0.29) is 23.9 Å².